The highest BCUT2D eigenvalue weighted by atomic mass is 16.3. The normalized spacial score (nSPS) is 23.4. The van der Waals surface area contributed by atoms with Gasteiger partial charge in [0.25, 0.3) is 5.91 Å². The Hall–Kier alpha value is -5.27. The Kier molecular flexibility index (Phi) is 8.92. The third-order valence-electron chi connectivity index (χ3n) is 9.13. The summed E-state index contributed by atoms with van der Waals surface area (Å²) in [6, 6.07) is 13.1. The summed E-state index contributed by atoms with van der Waals surface area (Å²) in [7, 11) is 2.04. The van der Waals surface area contributed by atoms with Crippen LogP contribution in [0.1, 0.15) is 24.5 Å². The molecule has 1 unspecified atom stereocenters. The van der Waals surface area contributed by atoms with Gasteiger partial charge in [0.05, 0.1) is 19.6 Å². The van der Waals surface area contributed by atoms with Crippen LogP contribution in [0.3, 0.4) is 0 Å². The fraction of sp³-hybridized carbons (Fsp3) is 0.324. The molecule has 2 fully saturated rings. The number of hydrogen-bond acceptors (Lipinski definition) is 6. The lowest BCUT2D eigenvalue weighted by Gasteiger charge is -2.45. The minimum atomic E-state index is -1.06. The molecule has 0 radical (unpaired) electrons. The van der Waals surface area contributed by atoms with Crippen LogP contribution in [0.5, 0.6) is 5.75 Å². The van der Waals surface area contributed by atoms with Crippen LogP contribution >= 0.6 is 0 Å². The Morgan fingerprint density at radius 3 is 2.70 bits per heavy atom. The Bertz CT molecular complexity index is 1720. The lowest BCUT2D eigenvalue weighted by Crippen LogP contribution is -2.65. The molecule has 4 aliphatic rings. The SMILES string of the molecule is C=CCN(C(=O)NCC1(C)C=CC=CC1)N1CC(=O)N2[C@@H](C#Cc3ccc(O)cc3)C(=O)N(CC3=CCN(C)c4ccccc43)C[C@@H]21. The number of urea groups is 1. The number of likely N-dealkylation sites (N-methyl/N-ethyl adjacent to an activating group) is 1. The number of rotatable bonds is 7. The number of benzene rings is 2. The van der Waals surface area contributed by atoms with Crippen molar-refractivity contribution in [1.29, 1.82) is 0 Å². The first kappa shape index (κ1) is 31.7. The van der Waals surface area contributed by atoms with E-state index in [0.29, 0.717) is 25.2 Å². The van der Waals surface area contributed by atoms with E-state index in [2.05, 4.69) is 65.9 Å². The van der Waals surface area contributed by atoms with E-state index in [9.17, 15) is 19.5 Å². The predicted molar refractivity (Wildman–Crippen MR) is 182 cm³/mol. The molecule has 2 N–H and O–H groups in total. The van der Waals surface area contributed by atoms with E-state index in [0.717, 1.165) is 23.2 Å². The molecule has 0 spiro atoms. The van der Waals surface area contributed by atoms with Crippen molar-refractivity contribution in [3.63, 3.8) is 0 Å². The van der Waals surface area contributed by atoms with Gasteiger partial charge in [0.15, 0.2) is 6.04 Å². The van der Waals surface area contributed by atoms with Crippen LogP contribution in [0, 0.1) is 17.3 Å². The molecule has 2 aromatic carbocycles. The van der Waals surface area contributed by atoms with Gasteiger partial charge in [-0.25, -0.2) is 4.79 Å². The number of amides is 4. The molecule has 2 aromatic rings. The topological polar surface area (TPSA) is 99.7 Å². The number of nitrogens with one attached hydrogen (secondary N) is 1. The number of hydrazine groups is 1. The molecule has 2 saturated heterocycles. The molecule has 0 bridgehead atoms. The van der Waals surface area contributed by atoms with Crippen molar-refractivity contribution >= 4 is 29.1 Å². The Labute approximate surface area is 275 Å². The van der Waals surface area contributed by atoms with Crippen LogP contribution in [-0.2, 0) is 9.59 Å². The van der Waals surface area contributed by atoms with Gasteiger partial charge in [-0.05, 0) is 42.3 Å². The van der Waals surface area contributed by atoms with Crippen molar-refractivity contribution in [2.24, 2.45) is 5.41 Å². The molecular formula is C37H40N6O4. The van der Waals surface area contributed by atoms with E-state index in [1.165, 1.54) is 22.0 Å². The van der Waals surface area contributed by atoms with Crippen molar-refractivity contribution < 1.29 is 19.5 Å². The number of carbonyl (C=O) groups excluding carboxylic acids is 3. The fourth-order valence-corrected chi connectivity index (χ4v) is 6.52. The Morgan fingerprint density at radius 1 is 1.17 bits per heavy atom. The smallest absolute Gasteiger partial charge is 0.332 e. The molecule has 0 aromatic heterocycles. The summed E-state index contributed by atoms with van der Waals surface area (Å²) < 4.78 is 0. The largest absolute Gasteiger partial charge is 0.508 e. The number of fused-ring (bicyclic) bond motifs is 2. The van der Waals surface area contributed by atoms with Crippen LogP contribution in [0.15, 0.2) is 91.6 Å². The minimum absolute atomic E-state index is 0.0827. The van der Waals surface area contributed by atoms with Gasteiger partial charge in [-0.1, -0.05) is 73.4 Å². The third kappa shape index (κ3) is 6.53. The number of para-hydroxylation sites is 1. The molecular weight excluding hydrogens is 592 g/mol. The highest BCUT2D eigenvalue weighted by Crippen LogP contribution is 2.34. The maximum absolute atomic E-state index is 14.2. The molecule has 4 amide bonds. The van der Waals surface area contributed by atoms with Crippen molar-refractivity contribution in [3.05, 3.63) is 103 Å². The zero-order valence-corrected chi connectivity index (χ0v) is 26.8. The number of anilines is 1. The summed E-state index contributed by atoms with van der Waals surface area (Å²) in [6.45, 7) is 7.71. The molecule has 3 heterocycles. The second kappa shape index (κ2) is 13.2. The third-order valence-corrected chi connectivity index (χ3v) is 9.13. The molecule has 6 rings (SSSR count). The van der Waals surface area contributed by atoms with E-state index in [1.807, 2.05) is 31.3 Å². The number of hydrogen-bond donors (Lipinski definition) is 2. The molecule has 3 atom stereocenters. The van der Waals surface area contributed by atoms with Gasteiger partial charge < -0.3 is 20.2 Å². The highest BCUT2D eigenvalue weighted by molar-refractivity contribution is 5.95. The number of carbonyl (C=O) groups is 3. The Balaban J connectivity index is 1.31. The van der Waals surface area contributed by atoms with Crippen LogP contribution in [-0.4, -0.2) is 101 Å². The average Bonchev–Trinajstić information content (AvgIpc) is 3.40. The quantitative estimate of drug-likeness (QED) is 0.358. The van der Waals surface area contributed by atoms with Crippen molar-refractivity contribution in [3.8, 4) is 17.6 Å². The van der Waals surface area contributed by atoms with Gasteiger partial charge >= 0.3 is 6.03 Å². The van der Waals surface area contributed by atoms with Crippen LogP contribution in [0.2, 0.25) is 0 Å². The second-order valence-electron chi connectivity index (χ2n) is 12.6. The fourth-order valence-electron chi connectivity index (χ4n) is 6.52. The monoisotopic (exact) mass is 632 g/mol. The van der Waals surface area contributed by atoms with Crippen molar-refractivity contribution in [1.82, 2.24) is 25.1 Å². The second-order valence-corrected chi connectivity index (χ2v) is 12.6. The number of phenols is 1. The summed E-state index contributed by atoms with van der Waals surface area (Å²) in [5, 5.41) is 16.0. The number of piperazine rings is 1. The van der Waals surface area contributed by atoms with Crippen LogP contribution in [0.25, 0.3) is 5.57 Å². The van der Waals surface area contributed by atoms with E-state index in [4.69, 9.17) is 0 Å². The van der Waals surface area contributed by atoms with Gasteiger partial charge in [0, 0.05) is 48.9 Å². The number of aromatic hydroxyl groups is 1. The zero-order valence-electron chi connectivity index (χ0n) is 26.8. The number of nitrogens with zero attached hydrogens (tertiary/aromatic N) is 5. The minimum Gasteiger partial charge on any atom is -0.508 e. The van der Waals surface area contributed by atoms with Crippen LogP contribution < -0.4 is 10.2 Å². The van der Waals surface area contributed by atoms with E-state index < -0.39 is 12.2 Å². The predicted octanol–water partition coefficient (Wildman–Crippen LogP) is 3.59. The summed E-state index contributed by atoms with van der Waals surface area (Å²) in [5.74, 6) is 5.66. The highest BCUT2D eigenvalue weighted by Gasteiger charge is 2.52. The maximum Gasteiger partial charge on any atom is 0.332 e. The van der Waals surface area contributed by atoms with E-state index in [-0.39, 0.29) is 48.6 Å². The molecule has 10 nitrogen and oxygen atoms in total. The van der Waals surface area contributed by atoms with Crippen molar-refractivity contribution in [2.45, 2.75) is 25.6 Å². The van der Waals surface area contributed by atoms with Gasteiger partial charge in [0.1, 0.15) is 11.9 Å². The first-order valence-corrected chi connectivity index (χ1v) is 15.8. The zero-order chi connectivity index (χ0) is 33.1. The average molecular weight is 633 g/mol. The summed E-state index contributed by atoms with van der Waals surface area (Å²) in [5.41, 5.74) is 3.54. The summed E-state index contributed by atoms with van der Waals surface area (Å²) in [6.07, 6.45) is 12.1. The molecule has 0 saturated carbocycles. The standard InChI is InChI=1S/C37H40N6O4/c1-4-21-41(36(47)38-26-37(2)19-8-5-9-20-37)42-25-34(45)43-32(17-14-27-12-15-29(44)16-13-27)35(46)40(24-33(42)43)23-28-18-22-39(3)31-11-7-6-10-30(28)31/h4-13,15-16,18-19,32-33,44H,1,20-26H2,2-3H3,(H,38,47)/t32-,33+,37?/m0/s1. The molecule has 242 valence electrons. The summed E-state index contributed by atoms with van der Waals surface area (Å²) in [4.78, 5) is 47.1. The Morgan fingerprint density at radius 2 is 1.96 bits per heavy atom. The van der Waals surface area contributed by atoms with Gasteiger partial charge in [-0.15, -0.1) is 6.58 Å². The number of phenolic OH excluding ortho intramolecular Hbond substituents is 1. The lowest BCUT2D eigenvalue weighted by molar-refractivity contribution is -0.152. The summed E-state index contributed by atoms with van der Waals surface area (Å²) >= 11 is 0. The van der Waals surface area contributed by atoms with Gasteiger partial charge in [-0.3, -0.25) is 19.5 Å². The molecule has 3 aliphatic heterocycles. The first-order chi connectivity index (χ1) is 22.7. The maximum atomic E-state index is 14.2. The van der Waals surface area contributed by atoms with Gasteiger partial charge in [-0.2, -0.15) is 5.01 Å². The molecule has 10 heteroatoms. The first-order valence-electron chi connectivity index (χ1n) is 15.8. The molecule has 1 aliphatic carbocycles. The number of allylic oxidation sites excluding steroid dienone is 3. The van der Waals surface area contributed by atoms with E-state index in [1.54, 1.807) is 28.1 Å². The van der Waals surface area contributed by atoms with Crippen molar-refractivity contribution in [2.75, 3.05) is 51.2 Å². The van der Waals surface area contributed by atoms with E-state index >= 15 is 0 Å². The van der Waals surface area contributed by atoms with Crippen LogP contribution in [0.4, 0.5) is 10.5 Å². The molecule has 47 heavy (non-hydrogen) atoms. The lowest BCUT2D eigenvalue weighted by atomic mass is 9.84. The van der Waals surface area contributed by atoms with Gasteiger partial charge in [0.2, 0.25) is 5.91 Å².